The molecule has 5 heteroatoms. The lowest BCUT2D eigenvalue weighted by Gasteiger charge is -2.28. The predicted octanol–water partition coefficient (Wildman–Crippen LogP) is 2.45. The molecule has 0 aliphatic heterocycles. The fourth-order valence-electron chi connectivity index (χ4n) is 2.18. The van der Waals surface area contributed by atoms with Crippen molar-refractivity contribution in [3.63, 3.8) is 0 Å². The summed E-state index contributed by atoms with van der Waals surface area (Å²) in [5, 5.41) is 9.80. The predicted molar refractivity (Wildman–Crippen MR) is 76.3 cm³/mol. The van der Waals surface area contributed by atoms with Crippen molar-refractivity contribution in [1.29, 1.82) is 0 Å². The Bertz CT molecular complexity index is 432. The quantitative estimate of drug-likeness (QED) is 0.809. The number of rotatable bonds is 7. The van der Waals surface area contributed by atoms with Gasteiger partial charge in [0, 0.05) is 24.7 Å². The van der Waals surface area contributed by atoms with E-state index in [0.717, 1.165) is 12.6 Å². The molecule has 20 heavy (non-hydrogen) atoms. The summed E-state index contributed by atoms with van der Waals surface area (Å²) < 4.78 is 26.8. The van der Waals surface area contributed by atoms with E-state index in [4.69, 9.17) is 5.73 Å². The monoisotopic (exact) mass is 286 g/mol. The van der Waals surface area contributed by atoms with Gasteiger partial charge in [0.1, 0.15) is 0 Å². The van der Waals surface area contributed by atoms with Gasteiger partial charge in [0.05, 0.1) is 5.60 Å². The van der Waals surface area contributed by atoms with Crippen LogP contribution < -0.4 is 5.73 Å². The molecule has 1 unspecified atom stereocenters. The van der Waals surface area contributed by atoms with Crippen LogP contribution >= 0.6 is 0 Å². The maximum atomic E-state index is 13.6. The fraction of sp³-hybridized carbons (Fsp3) is 0.600. The number of likely N-dealkylation sites (N-methyl/N-ethyl adjacent to an activating group) is 1. The lowest BCUT2D eigenvalue weighted by atomic mass is 10.0. The third kappa shape index (κ3) is 5.15. The van der Waals surface area contributed by atoms with Crippen LogP contribution in [0.5, 0.6) is 0 Å². The molecule has 0 aliphatic carbocycles. The number of hydrogen-bond donors (Lipinski definition) is 2. The summed E-state index contributed by atoms with van der Waals surface area (Å²) in [7, 11) is 0. The van der Waals surface area contributed by atoms with Crippen LogP contribution in [0.25, 0.3) is 0 Å². The molecule has 0 aromatic heterocycles. The molecule has 1 atom stereocenters. The Kier molecular flexibility index (Phi) is 6.05. The zero-order chi connectivity index (χ0) is 15.3. The first-order valence-corrected chi connectivity index (χ1v) is 6.89. The molecule has 114 valence electrons. The second kappa shape index (κ2) is 7.11. The molecule has 0 amide bonds. The molecule has 1 aromatic rings. The van der Waals surface area contributed by atoms with Gasteiger partial charge in [-0.2, -0.15) is 0 Å². The number of aliphatic hydroxyl groups is 1. The van der Waals surface area contributed by atoms with Gasteiger partial charge in [-0.25, -0.2) is 8.78 Å². The van der Waals surface area contributed by atoms with Gasteiger partial charge in [-0.05, 0) is 32.9 Å². The van der Waals surface area contributed by atoms with Crippen LogP contribution in [-0.2, 0) is 0 Å². The topological polar surface area (TPSA) is 49.5 Å². The van der Waals surface area contributed by atoms with E-state index in [1.165, 1.54) is 12.1 Å². The van der Waals surface area contributed by atoms with E-state index in [1.807, 2.05) is 11.8 Å². The van der Waals surface area contributed by atoms with E-state index in [1.54, 1.807) is 13.8 Å². The number of benzene rings is 1. The summed E-state index contributed by atoms with van der Waals surface area (Å²) in [5.74, 6) is -1.74. The van der Waals surface area contributed by atoms with E-state index < -0.39 is 23.3 Å². The number of halogens is 2. The standard InChI is InChI=1S/C15H24F2N2O/c1-4-19(10-15(2,3)20)9-8-13(18)11-6-5-7-12(16)14(11)17/h5-7,13,20H,4,8-10,18H2,1-3H3. The van der Waals surface area contributed by atoms with Gasteiger partial charge >= 0.3 is 0 Å². The van der Waals surface area contributed by atoms with E-state index >= 15 is 0 Å². The summed E-state index contributed by atoms with van der Waals surface area (Å²) in [6, 6.07) is 3.50. The number of nitrogens with two attached hydrogens (primary N) is 1. The van der Waals surface area contributed by atoms with Crippen LogP contribution in [0.2, 0.25) is 0 Å². The first-order valence-electron chi connectivity index (χ1n) is 6.89. The average molecular weight is 286 g/mol. The number of nitrogens with zero attached hydrogens (tertiary/aromatic N) is 1. The smallest absolute Gasteiger partial charge is 0.163 e. The summed E-state index contributed by atoms with van der Waals surface area (Å²) in [5.41, 5.74) is 5.35. The van der Waals surface area contributed by atoms with E-state index in [-0.39, 0.29) is 5.56 Å². The van der Waals surface area contributed by atoms with Gasteiger partial charge in [0.15, 0.2) is 11.6 Å². The van der Waals surface area contributed by atoms with Crippen molar-refractivity contribution >= 4 is 0 Å². The molecule has 1 rings (SSSR count). The fourth-order valence-corrected chi connectivity index (χ4v) is 2.18. The Balaban J connectivity index is 2.62. The maximum absolute atomic E-state index is 13.6. The van der Waals surface area contributed by atoms with Crippen LogP contribution in [0.4, 0.5) is 8.78 Å². The minimum absolute atomic E-state index is 0.198. The second-order valence-electron chi connectivity index (χ2n) is 5.72. The molecule has 3 nitrogen and oxygen atoms in total. The molecule has 0 aliphatic rings. The van der Waals surface area contributed by atoms with Gasteiger partial charge in [-0.15, -0.1) is 0 Å². The maximum Gasteiger partial charge on any atom is 0.163 e. The minimum atomic E-state index is -0.873. The molecule has 0 saturated carbocycles. The van der Waals surface area contributed by atoms with Crippen LogP contribution in [-0.4, -0.2) is 35.2 Å². The van der Waals surface area contributed by atoms with E-state index in [0.29, 0.717) is 19.5 Å². The molecule has 0 heterocycles. The Morgan fingerprint density at radius 1 is 1.35 bits per heavy atom. The Morgan fingerprint density at radius 3 is 2.55 bits per heavy atom. The highest BCUT2D eigenvalue weighted by molar-refractivity contribution is 5.22. The summed E-state index contributed by atoms with van der Waals surface area (Å²) in [6.45, 7) is 7.37. The zero-order valence-electron chi connectivity index (χ0n) is 12.4. The molecule has 1 aromatic carbocycles. The lowest BCUT2D eigenvalue weighted by molar-refractivity contribution is 0.0369. The van der Waals surface area contributed by atoms with Crippen LogP contribution in [0.1, 0.15) is 38.8 Å². The highest BCUT2D eigenvalue weighted by Gasteiger charge is 2.19. The summed E-state index contributed by atoms with van der Waals surface area (Å²) in [6.07, 6.45) is 0.504. The Labute approximate surface area is 119 Å². The third-order valence-corrected chi connectivity index (χ3v) is 3.20. The average Bonchev–Trinajstić information content (AvgIpc) is 2.36. The van der Waals surface area contributed by atoms with Crippen LogP contribution in [0, 0.1) is 11.6 Å². The van der Waals surface area contributed by atoms with Crippen LogP contribution in [0.3, 0.4) is 0 Å². The van der Waals surface area contributed by atoms with Crippen molar-refractivity contribution in [3.05, 3.63) is 35.4 Å². The van der Waals surface area contributed by atoms with Crippen molar-refractivity contribution in [2.24, 2.45) is 5.73 Å². The van der Waals surface area contributed by atoms with Crippen molar-refractivity contribution in [1.82, 2.24) is 4.90 Å². The normalized spacial score (nSPS) is 13.8. The van der Waals surface area contributed by atoms with E-state index in [2.05, 4.69) is 0 Å². The van der Waals surface area contributed by atoms with Gasteiger partial charge in [-0.1, -0.05) is 19.1 Å². The second-order valence-corrected chi connectivity index (χ2v) is 5.72. The van der Waals surface area contributed by atoms with Crippen LogP contribution in [0.15, 0.2) is 18.2 Å². The van der Waals surface area contributed by atoms with Gasteiger partial charge in [0.2, 0.25) is 0 Å². The van der Waals surface area contributed by atoms with Crippen molar-refractivity contribution in [3.8, 4) is 0 Å². The molecule has 0 spiro atoms. The summed E-state index contributed by atoms with van der Waals surface area (Å²) in [4.78, 5) is 2.04. The Morgan fingerprint density at radius 2 is 2.00 bits per heavy atom. The molecule has 0 saturated heterocycles. The molecular weight excluding hydrogens is 262 g/mol. The van der Waals surface area contributed by atoms with Crippen molar-refractivity contribution in [2.75, 3.05) is 19.6 Å². The molecule has 0 bridgehead atoms. The molecule has 3 N–H and O–H groups in total. The SMILES string of the molecule is CCN(CCC(N)c1cccc(F)c1F)CC(C)(C)O. The van der Waals surface area contributed by atoms with Crippen molar-refractivity contribution in [2.45, 2.75) is 38.8 Å². The number of hydrogen-bond acceptors (Lipinski definition) is 3. The third-order valence-electron chi connectivity index (χ3n) is 3.20. The zero-order valence-corrected chi connectivity index (χ0v) is 12.4. The highest BCUT2D eigenvalue weighted by atomic mass is 19.2. The largest absolute Gasteiger partial charge is 0.389 e. The van der Waals surface area contributed by atoms with Gasteiger partial charge < -0.3 is 15.7 Å². The minimum Gasteiger partial charge on any atom is -0.389 e. The molecular formula is C15H24F2N2O. The Hall–Kier alpha value is -1.04. The first-order chi connectivity index (χ1) is 9.24. The first kappa shape index (κ1) is 17.0. The van der Waals surface area contributed by atoms with Crippen molar-refractivity contribution < 1.29 is 13.9 Å². The summed E-state index contributed by atoms with van der Waals surface area (Å²) >= 11 is 0. The molecule has 0 radical (unpaired) electrons. The van der Waals surface area contributed by atoms with Gasteiger partial charge in [-0.3, -0.25) is 0 Å². The highest BCUT2D eigenvalue weighted by Crippen LogP contribution is 2.20. The molecule has 0 fully saturated rings. The van der Waals surface area contributed by atoms with E-state index in [9.17, 15) is 13.9 Å². The lowest BCUT2D eigenvalue weighted by Crippen LogP contribution is -2.39. The van der Waals surface area contributed by atoms with Gasteiger partial charge in [0.25, 0.3) is 0 Å².